The highest BCUT2D eigenvalue weighted by molar-refractivity contribution is 5.35. The molecule has 0 saturated heterocycles. The van der Waals surface area contributed by atoms with Crippen LogP contribution in [-0.2, 0) is 12.8 Å². The quantitative estimate of drug-likeness (QED) is 0.862. The van der Waals surface area contributed by atoms with Crippen molar-refractivity contribution in [2.24, 2.45) is 0 Å². The summed E-state index contributed by atoms with van der Waals surface area (Å²) in [6.07, 6.45) is -4.36. The summed E-state index contributed by atoms with van der Waals surface area (Å²) in [5, 5.41) is 0. The fourth-order valence-corrected chi connectivity index (χ4v) is 1.67. The molecule has 0 unspecified atom stereocenters. The van der Waals surface area contributed by atoms with Crippen LogP contribution in [-0.4, -0.2) is 0 Å². The molecule has 108 valence electrons. The predicted molar refractivity (Wildman–Crippen MR) is 64.8 cm³/mol. The summed E-state index contributed by atoms with van der Waals surface area (Å²) in [5.74, 6) is 0.518. The molecule has 6 heteroatoms. The molecule has 0 spiro atoms. The van der Waals surface area contributed by atoms with E-state index in [0.29, 0.717) is 5.75 Å². The molecule has 3 N–H and O–H groups in total. The fourth-order valence-electron chi connectivity index (χ4n) is 1.67. The van der Waals surface area contributed by atoms with Crippen molar-refractivity contribution in [3.63, 3.8) is 0 Å². The maximum Gasteiger partial charge on any atom is 0.416 e. The largest absolute Gasteiger partial charge is 1.00 e. The summed E-state index contributed by atoms with van der Waals surface area (Å²) in [5.41, 5.74) is 4.00. The Morgan fingerprint density at radius 1 is 0.950 bits per heavy atom. The molecule has 2 rings (SSSR count). The number of hydrogen-bond acceptors (Lipinski definition) is 1. The molecular formula is C14H13ClF3NO. The number of benzene rings is 2. The van der Waals surface area contributed by atoms with Gasteiger partial charge in [0.25, 0.3) is 0 Å². The lowest BCUT2D eigenvalue weighted by atomic mass is 10.1. The second-order valence-corrected chi connectivity index (χ2v) is 4.09. The van der Waals surface area contributed by atoms with Crippen molar-refractivity contribution in [3.05, 3.63) is 59.7 Å². The van der Waals surface area contributed by atoms with E-state index in [1.807, 2.05) is 0 Å². The van der Waals surface area contributed by atoms with Crippen molar-refractivity contribution >= 4 is 5.69 Å². The average molecular weight is 304 g/mol. The Kier molecular flexibility index (Phi) is 5.42. The van der Waals surface area contributed by atoms with E-state index in [9.17, 15) is 13.2 Å². The van der Waals surface area contributed by atoms with E-state index in [1.54, 1.807) is 30.3 Å². The highest BCUT2D eigenvalue weighted by Crippen LogP contribution is 2.32. The van der Waals surface area contributed by atoms with Gasteiger partial charge in [-0.1, -0.05) is 18.2 Å². The first-order chi connectivity index (χ1) is 8.97. The molecule has 0 aromatic heterocycles. The molecule has 0 radical (unpaired) electrons. The van der Waals surface area contributed by atoms with Gasteiger partial charge in [0.15, 0.2) is 0 Å². The molecule has 2 aromatic carbocycles. The van der Waals surface area contributed by atoms with Gasteiger partial charge in [0.05, 0.1) is 5.56 Å². The van der Waals surface area contributed by atoms with E-state index in [-0.39, 0.29) is 24.6 Å². The zero-order valence-electron chi connectivity index (χ0n) is 10.5. The Morgan fingerprint density at radius 3 is 2.15 bits per heavy atom. The van der Waals surface area contributed by atoms with Crippen molar-refractivity contribution in [3.8, 4) is 5.75 Å². The minimum absolute atomic E-state index is 0. The van der Waals surface area contributed by atoms with E-state index < -0.39 is 11.7 Å². The summed E-state index contributed by atoms with van der Waals surface area (Å²) >= 11 is 0. The van der Waals surface area contributed by atoms with Gasteiger partial charge in [-0.2, -0.15) is 13.2 Å². The Morgan fingerprint density at radius 2 is 1.55 bits per heavy atom. The molecule has 0 saturated carbocycles. The van der Waals surface area contributed by atoms with Crippen LogP contribution in [0.1, 0.15) is 11.1 Å². The van der Waals surface area contributed by atoms with Crippen LogP contribution < -0.4 is 22.9 Å². The van der Waals surface area contributed by atoms with Gasteiger partial charge in [-0.05, 0) is 18.2 Å². The standard InChI is InChI=1S/C14H12F3NO.ClH/c15-14(16,17)13-4-2-1-3-10(13)9-19-12-7-5-11(18)6-8-12;/h1-8H,9,18H2;1H. The third-order valence-electron chi connectivity index (χ3n) is 2.64. The molecular weight excluding hydrogens is 291 g/mol. The third-order valence-corrected chi connectivity index (χ3v) is 2.64. The van der Waals surface area contributed by atoms with E-state index in [1.165, 1.54) is 12.1 Å². The lowest BCUT2D eigenvalue weighted by Gasteiger charge is -2.13. The van der Waals surface area contributed by atoms with Crippen LogP contribution in [0.15, 0.2) is 48.5 Å². The minimum Gasteiger partial charge on any atom is -1.00 e. The second-order valence-electron chi connectivity index (χ2n) is 4.09. The predicted octanol–water partition coefficient (Wildman–Crippen LogP) is 0.162. The lowest BCUT2D eigenvalue weighted by molar-refractivity contribution is -0.254. The van der Waals surface area contributed by atoms with Crippen LogP contribution in [0, 0.1) is 0 Å². The van der Waals surface area contributed by atoms with E-state index >= 15 is 0 Å². The normalized spacial score (nSPS) is 10.8. The first-order valence-corrected chi connectivity index (χ1v) is 5.67. The SMILES string of the molecule is [Cl-].[NH3+]c1ccc(OCc2ccccc2C(F)(F)F)cc1. The highest BCUT2D eigenvalue weighted by Gasteiger charge is 2.32. The zero-order valence-corrected chi connectivity index (χ0v) is 11.2. The van der Waals surface area contributed by atoms with Crippen LogP contribution in [0.3, 0.4) is 0 Å². The number of hydrogen-bond donors (Lipinski definition) is 1. The Hall–Kier alpha value is -1.72. The first kappa shape index (κ1) is 16.3. The lowest BCUT2D eigenvalue weighted by Crippen LogP contribution is -3.00. The van der Waals surface area contributed by atoms with E-state index in [4.69, 9.17) is 4.74 Å². The zero-order chi connectivity index (χ0) is 13.9. The van der Waals surface area contributed by atoms with Gasteiger partial charge in [0.1, 0.15) is 18.0 Å². The van der Waals surface area contributed by atoms with Gasteiger partial charge in [-0.25, -0.2) is 0 Å². The molecule has 2 aromatic rings. The van der Waals surface area contributed by atoms with Crippen molar-refractivity contribution in [1.82, 2.24) is 0 Å². The smallest absolute Gasteiger partial charge is 0.416 e. The number of rotatable bonds is 3. The van der Waals surface area contributed by atoms with Gasteiger partial charge in [0.2, 0.25) is 0 Å². The summed E-state index contributed by atoms with van der Waals surface area (Å²) in [6, 6.07) is 12.2. The molecule has 0 aliphatic carbocycles. The number of ether oxygens (including phenoxy) is 1. The second kappa shape index (κ2) is 6.63. The van der Waals surface area contributed by atoms with Crippen LogP contribution >= 0.6 is 0 Å². The summed E-state index contributed by atoms with van der Waals surface area (Å²) < 4.78 is 43.6. The van der Waals surface area contributed by atoms with Crippen molar-refractivity contribution in [2.75, 3.05) is 0 Å². The summed E-state index contributed by atoms with van der Waals surface area (Å²) in [6.45, 7) is -0.119. The van der Waals surface area contributed by atoms with Gasteiger partial charge in [-0.3, -0.25) is 0 Å². The molecule has 20 heavy (non-hydrogen) atoms. The average Bonchev–Trinajstić information content (AvgIpc) is 2.37. The molecule has 0 bridgehead atoms. The number of alkyl halides is 3. The number of quaternary nitrogens is 1. The molecule has 0 fully saturated rings. The highest BCUT2D eigenvalue weighted by atomic mass is 35.5. The monoisotopic (exact) mass is 303 g/mol. The number of halogens is 4. The van der Waals surface area contributed by atoms with Crippen LogP contribution in [0.4, 0.5) is 18.9 Å². The van der Waals surface area contributed by atoms with E-state index in [2.05, 4.69) is 5.73 Å². The fraction of sp³-hybridized carbons (Fsp3) is 0.143. The Balaban J connectivity index is 0.00000200. The molecule has 2 nitrogen and oxygen atoms in total. The van der Waals surface area contributed by atoms with Crippen molar-refractivity contribution in [1.29, 1.82) is 0 Å². The first-order valence-electron chi connectivity index (χ1n) is 5.67. The maximum atomic E-state index is 12.8. The molecule has 0 heterocycles. The third kappa shape index (κ3) is 4.15. The Bertz CT molecular complexity index is 555. The van der Waals surface area contributed by atoms with Crippen molar-refractivity contribution < 1.29 is 36.0 Å². The summed E-state index contributed by atoms with van der Waals surface area (Å²) in [7, 11) is 0. The topological polar surface area (TPSA) is 36.9 Å². The molecule has 0 aliphatic heterocycles. The maximum absolute atomic E-state index is 12.8. The molecule has 0 atom stereocenters. The molecule has 0 aliphatic rings. The van der Waals surface area contributed by atoms with Crippen LogP contribution in [0.2, 0.25) is 0 Å². The minimum atomic E-state index is -4.36. The van der Waals surface area contributed by atoms with Gasteiger partial charge >= 0.3 is 6.18 Å². The Labute approximate surface area is 120 Å². The van der Waals surface area contributed by atoms with Crippen LogP contribution in [0.25, 0.3) is 0 Å². The summed E-state index contributed by atoms with van der Waals surface area (Å²) in [4.78, 5) is 0. The molecule has 0 amide bonds. The van der Waals surface area contributed by atoms with Gasteiger partial charge in [-0.15, -0.1) is 0 Å². The van der Waals surface area contributed by atoms with Crippen molar-refractivity contribution in [2.45, 2.75) is 12.8 Å². The van der Waals surface area contributed by atoms with E-state index in [0.717, 1.165) is 11.8 Å². The van der Waals surface area contributed by atoms with Crippen LogP contribution in [0.5, 0.6) is 5.75 Å². The van der Waals surface area contributed by atoms with Gasteiger partial charge in [0, 0.05) is 17.7 Å². The van der Waals surface area contributed by atoms with Gasteiger partial charge < -0.3 is 22.9 Å².